The van der Waals surface area contributed by atoms with Gasteiger partial charge in [0.1, 0.15) is 12.1 Å². The van der Waals surface area contributed by atoms with Crippen molar-refractivity contribution in [3.63, 3.8) is 0 Å². The lowest BCUT2D eigenvalue weighted by Gasteiger charge is -2.31. The standard InChI is InChI=1S/C21H24F3N3O3/c1-13-11-14(12-25)4-9-17(13)26-15-5-7-16(8-6-15)30-19(28)18-3-2-10-27(18)20(29)21(22,23)24/h4,9,11,15-16,18,26H,2-3,5-8,10H2,1H3. The third-order valence-corrected chi connectivity index (χ3v) is 5.70. The third-order valence-electron chi connectivity index (χ3n) is 5.70. The van der Waals surface area contributed by atoms with E-state index in [1.807, 2.05) is 19.1 Å². The van der Waals surface area contributed by atoms with Crippen LogP contribution in [-0.4, -0.2) is 47.7 Å². The largest absolute Gasteiger partial charge is 0.471 e. The van der Waals surface area contributed by atoms with Crippen molar-refractivity contribution in [2.45, 2.75) is 69.8 Å². The summed E-state index contributed by atoms with van der Waals surface area (Å²) in [6.45, 7) is 1.84. The number of amides is 1. The molecule has 1 heterocycles. The molecular formula is C21H24F3N3O3. The molecule has 1 aromatic carbocycles. The fourth-order valence-corrected chi connectivity index (χ4v) is 4.10. The van der Waals surface area contributed by atoms with Gasteiger partial charge in [-0.3, -0.25) is 4.79 Å². The maximum absolute atomic E-state index is 12.7. The summed E-state index contributed by atoms with van der Waals surface area (Å²) in [5.41, 5.74) is 2.51. The summed E-state index contributed by atoms with van der Waals surface area (Å²) in [6.07, 6.45) is -2.13. The van der Waals surface area contributed by atoms with E-state index in [2.05, 4.69) is 11.4 Å². The van der Waals surface area contributed by atoms with Crippen molar-refractivity contribution < 1.29 is 27.5 Å². The molecule has 1 saturated heterocycles. The Hall–Kier alpha value is -2.76. The number of alkyl halides is 3. The fraction of sp³-hybridized carbons (Fsp3) is 0.571. The van der Waals surface area contributed by atoms with E-state index in [0.717, 1.165) is 24.1 Å². The molecular weight excluding hydrogens is 399 g/mol. The number of hydrogen-bond acceptors (Lipinski definition) is 5. The van der Waals surface area contributed by atoms with Crippen LogP contribution in [0, 0.1) is 18.3 Å². The lowest BCUT2D eigenvalue weighted by molar-refractivity contribution is -0.189. The fourth-order valence-electron chi connectivity index (χ4n) is 4.10. The van der Waals surface area contributed by atoms with Crippen molar-refractivity contribution >= 4 is 17.6 Å². The lowest BCUT2D eigenvalue weighted by atomic mass is 9.92. The van der Waals surface area contributed by atoms with Gasteiger partial charge in [-0.1, -0.05) is 0 Å². The summed E-state index contributed by atoms with van der Waals surface area (Å²) in [4.78, 5) is 24.5. The number of nitrogens with zero attached hydrogens (tertiary/aromatic N) is 2. The number of nitriles is 1. The molecule has 6 nitrogen and oxygen atoms in total. The number of nitrogens with one attached hydrogen (secondary N) is 1. The smallest absolute Gasteiger partial charge is 0.461 e. The molecule has 162 valence electrons. The number of ether oxygens (including phenoxy) is 1. The van der Waals surface area contributed by atoms with Gasteiger partial charge < -0.3 is 15.0 Å². The van der Waals surface area contributed by atoms with Gasteiger partial charge in [-0.15, -0.1) is 0 Å². The first-order chi connectivity index (χ1) is 14.2. The van der Waals surface area contributed by atoms with E-state index in [-0.39, 0.29) is 25.1 Å². The molecule has 1 amide bonds. The molecule has 0 bridgehead atoms. The highest BCUT2D eigenvalue weighted by atomic mass is 19.4. The maximum atomic E-state index is 12.7. The number of halogens is 3. The Kier molecular flexibility index (Phi) is 6.54. The Morgan fingerprint density at radius 2 is 1.90 bits per heavy atom. The molecule has 1 N–H and O–H groups in total. The molecule has 9 heteroatoms. The molecule has 1 saturated carbocycles. The van der Waals surface area contributed by atoms with E-state index >= 15 is 0 Å². The Morgan fingerprint density at radius 1 is 1.20 bits per heavy atom. The molecule has 1 aliphatic heterocycles. The van der Waals surface area contributed by atoms with Gasteiger partial charge >= 0.3 is 18.1 Å². The van der Waals surface area contributed by atoms with Gasteiger partial charge in [0.05, 0.1) is 11.6 Å². The zero-order valence-electron chi connectivity index (χ0n) is 16.7. The first kappa shape index (κ1) is 21.9. The second-order valence-electron chi connectivity index (χ2n) is 7.85. The van der Waals surface area contributed by atoms with E-state index in [1.54, 1.807) is 6.07 Å². The van der Waals surface area contributed by atoms with Crippen molar-refractivity contribution in [3.05, 3.63) is 29.3 Å². The minimum atomic E-state index is -4.99. The summed E-state index contributed by atoms with van der Waals surface area (Å²) in [6, 6.07) is 6.55. The second kappa shape index (κ2) is 8.94. The molecule has 0 radical (unpaired) electrons. The minimum Gasteiger partial charge on any atom is -0.461 e. The number of carbonyl (C=O) groups excluding carboxylic acids is 2. The molecule has 3 rings (SSSR count). The van der Waals surface area contributed by atoms with Gasteiger partial charge in [0.2, 0.25) is 0 Å². The van der Waals surface area contributed by atoms with Gasteiger partial charge in [0, 0.05) is 18.3 Å². The van der Waals surface area contributed by atoms with Crippen molar-refractivity contribution in [3.8, 4) is 6.07 Å². The van der Waals surface area contributed by atoms with Crippen molar-refractivity contribution in [1.29, 1.82) is 5.26 Å². The average Bonchev–Trinajstić information content (AvgIpc) is 3.19. The Balaban J connectivity index is 1.50. The number of esters is 1. The summed E-state index contributed by atoms with van der Waals surface area (Å²) >= 11 is 0. The van der Waals surface area contributed by atoms with E-state index in [4.69, 9.17) is 10.00 Å². The normalized spacial score (nSPS) is 24.2. The van der Waals surface area contributed by atoms with Gasteiger partial charge in [-0.2, -0.15) is 18.4 Å². The van der Waals surface area contributed by atoms with E-state index < -0.39 is 24.1 Å². The average molecular weight is 423 g/mol. The van der Waals surface area contributed by atoms with Gasteiger partial charge in [0.25, 0.3) is 0 Å². The maximum Gasteiger partial charge on any atom is 0.471 e. The lowest BCUT2D eigenvalue weighted by Crippen LogP contribution is -2.48. The van der Waals surface area contributed by atoms with Crippen molar-refractivity contribution in [1.82, 2.24) is 4.90 Å². The highest BCUT2D eigenvalue weighted by Crippen LogP contribution is 2.29. The molecule has 0 aromatic heterocycles. The van der Waals surface area contributed by atoms with Crippen LogP contribution in [0.3, 0.4) is 0 Å². The van der Waals surface area contributed by atoms with Crippen molar-refractivity contribution in [2.75, 3.05) is 11.9 Å². The van der Waals surface area contributed by atoms with Crippen LogP contribution in [0.4, 0.5) is 18.9 Å². The van der Waals surface area contributed by atoms with Crippen LogP contribution < -0.4 is 5.32 Å². The van der Waals surface area contributed by atoms with Crippen molar-refractivity contribution in [2.24, 2.45) is 0 Å². The number of benzene rings is 1. The topological polar surface area (TPSA) is 82.4 Å². The molecule has 1 unspecified atom stereocenters. The van der Waals surface area contributed by atoms with Crippen LogP contribution in [0.25, 0.3) is 0 Å². The number of aryl methyl sites for hydroxylation is 1. The van der Waals surface area contributed by atoms with Crippen LogP contribution in [0.1, 0.15) is 49.7 Å². The quantitative estimate of drug-likeness (QED) is 0.747. The molecule has 30 heavy (non-hydrogen) atoms. The first-order valence-corrected chi connectivity index (χ1v) is 10.0. The highest BCUT2D eigenvalue weighted by Gasteiger charge is 2.48. The van der Waals surface area contributed by atoms with Crippen LogP contribution in [0.5, 0.6) is 0 Å². The summed E-state index contributed by atoms with van der Waals surface area (Å²) in [7, 11) is 0. The number of likely N-dealkylation sites (tertiary alicyclic amines) is 1. The number of carbonyl (C=O) groups is 2. The minimum absolute atomic E-state index is 0.0846. The van der Waals surface area contributed by atoms with E-state index in [0.29, 0.717) is 29.7 Å². The van der Waals surface area contributed by atoms with Gasteiger partial charge in [-0.05, 0) is 69.2 Å². The monoisotopic (exact) mass is 423 g/mol. The molecule has 0 spiro atoms. The van der Waals surface area contributed by atoms with Crippen LogP contribution in [0.15, 0.2) is 18.2 Å². The molecule has 1 aliphatic carbocycles. The van der Waals surface area contributed by atoms with E-state index in [1.165, 1.54) is 0 Å². The summed E-state index contributed by atoms with van der Waals surface area (Å²) in [5.74, 6) is -2.72. The number of rotatable bonds is 4. The molecule has 1 aromatic rings. The summed E-state index contributed by atoms with van der Waals surface area (Å²) < 4.78 is 43.6. The highest BCUT2D eigenvalue weighted by molar-refractivity contribution is 5.88. The third kappa shape index (κ3) is 5.04. The van der Waals surface area contributed by atoms with Gasteiger partial charge in [-0.25, -0.2) is 4.79 Å². The van der Waals surface area contributed by atoms with Gasteiger partial charge in [0.15, 0.2) is 0 Å². The molecule has 2 fully saturated rings. The first-order valence-electron chi connectivity index (χ1n) is 10.0. The number of hydrogen-bond donors (Lipinski definition) is 1. The predicted octanol–water partition coefficient (Wildman–Crippen LogP) is 3.69. The van der Waals surface area contributed by atoms with E-state index in [9.17, 15) is 22.8 Å². The predicted molar refractivity (Wildman–Crippen MR) is 102 cm³/mol. The summed E-state index contributed by atoms with van der Waals surface area (Å²) in [5, 5.41) is 12.4. The molecule has 1 atom stereocenters. The Labute approximate surface area is 173 Å². The van der Waals surface area contributed by atoms with Crippen LogP contribution >= 0.6 is 0 Å². The second-order valence-corrected chi connectivity index (χ2v) is 7.85. The zero-order valence-corrected chi connectivity index (χ0v) is 16.7. The Bertz CT molecular complexity index is 842. The number of anilines is 1. The Morgan fingerprint density at radius 3 is 2.50 bits per heavy atom. The molecule has 2 aliphatic rings. The SMILES string of the molecule is Cc1cc(C#N)ccc1NC1CCC(OC(=O)C2CCCN2C(=O)C(F)(F)F)CC1. The van der Waals surface area contributed by atoms with Crippen LogP contribution in [0.2, 0.25) is 0 Å². The van der Waals surface area contributed by atoms with Crippen LogP contribution in [-0.2, 0) is 14.3 Å². The zero-order chi connectivity index (χ0) is 21.9.